The molecule has 3 amide bonds. The van der Waals surface area contributed by atoms with E-state index in [-0.39, 0.29) is 17.5 Å². The molecule has 0 bridgehead atoms. The molecule has 0 saturated carbocycles. The van der Waals surface area contributed by atoms with Crippen molar-refractivity contribution in [3.05, 3.63) is 59.7 Å². The molecular formula is C25H27N3O6S. The molecule has 9 nitrogen and oxygen atoms in total. The number of nitrogens with zero attached hydrogens (tertiary/aromatic N) is 2. The Labute approximate surface area is 207 Å². The van der Waals surface area contributed by atoms with E-state index in [1.165, 1.54) is 11.8 Å². The van der Waals surface area contributed by atoms with Gasteiger partial charge in [-0.2, -0.15) is 11.8 Å². The third-order valence-electron chi connectivity index (χ3n) is 5.88. The van der Waals surface area contributed by atoms with Crippen LogP contribution in [-0.4, -0.2) is 79.6 Å². The number of fused-ring (bicyclic) bond motifs is 1. The maximum Gasteiger partial charge on any atom is 0.329 e. The average molecular weight is 498 g/mol. The Morgan fingerprint density at radius 3 is 2.26 bits per heavy atom. The number of carbonyl (C=O) groups excluding carboxylic acids is 4. The Hall–Kier alpha value is -3.37. The van der Waals surface area contributed by atoms with Crippen LogP contribution >= 0.6 is 11.8 Å². The molecule has 2 aliphatic rings. The third-order valence-corrected chi connectivity index (χ3v) is 6.52. The fourth-order valence-electron chi connectivity index (χ4n) is 4.08. The van der Waals surface area contributed by atoms with Gasteiger partial charge in [0.25, 0.3) is 17.7 Å². The van der Waals surface area contributed by atoms with Crippen molar-refractivity contribution in [2.75, 3.05) is 55.1 Å². The topological polar surface area (TPSA) is 105 Å². The highest BCUT2D eigenvalue weighted by atomic mass is 32.2. The Morgan fingerprint density at radius 2 is 1.66 bits per heavy atom. The number of nitrogens with one attached hydrogen (secondary N) is 1. The summed E-state index contributed by atoms with van der Waals surface area (Å²) in [6.07, 6.45) is 2.10. The SMILES string of the molecule is CSCCC(C(=O)OCC(=O)Nc1ccc(N2CCOCC2)cc1)N1C(=O)c2ccccc2C1=O. The van der Waals surface area contributed by atoms with E-state index in [0.717, 1.165) is 23.7 Å². The smallest absolute Gasteiger partial charge is 0.329 e. The van der Waals surface area contributed by atoms with Gasteiger partial charge in [0.1, 0.15) is 6.04 Å². The summed E-state index contributed by atoms with van der Waals surface area (Å²) in [6.45, 7) is 2.47. The number of carbonyl (C=O) groups is 4. The van der Waals surface area contributed by atoms with E-state index in [9.17, 15) is 19.2 Å². The molecule has 35 heavy (non-hydrogen) atoms. The van der Waals surface area contributed by atoms with Crippen LogP contribution in [0, 0.1) is 0 Å². The molecule has 0 aromatic heterocycles. The van der Waals surface area contributed by atoms with Crippen molar-refractivity contribution < 1.29 is 28.7 Å². The molecule has 184 valence electrons. The number of hydrogen-bond donors (Lipinski definition) is 1. The lowest BCUT2D eigenvalue weighted by molar-refractivity contribution is -0.151. The first-order valence-electron chi connectivity index (χ1n) is 11.3. The Bertz CT molecular complexity index is 1070. The monoisotopic (exact) mass is 497 g/mol. The number of morpholine rings is 1. The summed E-state index contributed by atoms with van der Waals surface area (Å²) in [4.78, 5) is 54.1. The van der Waals surface area contributed by atoms with Gasteiger partial charge in [0, 0.05) is 24.5 Å². The highest BCUT2D eigenvalue weighted by molar-refractivity contribution is 7.98. The number of hydrogen-bond acceptors (Lipinski definition) is 8. The molecule has 2 aromatic carbocycles. The average Bonchev–Trinajstić information content (AvgIpc) is 3.14. The fraction of sp³-hybridized carbons (Fsp3) is 0.360. The van der Waals surface area contributed by atoms with Crippen molar-refractivity contribution in [2.24, 2.45) is 0 Å². The van der Waals surface area contributed by atoms with Crippen molar-refractivity contribution in [1.82, 2.24) is 4.90 Å². The molecule has 1 atom stereocenters. The van der Waals surface area contributed by atoms with Gasteiger partial charge in [0.05, 0.1) is 24.3 Å². The lowest BCUT2D eigenvalue weighted by Gasteiger charge is -2.28. The zero-order valence-corrected chi connectivity index (χ0v) is 20.2. The number of rotatable bonds is 9. The summed E-state index contributed by atoms with van der Waals surface area (Å²) in [5.41, 5.74) is 2.13. The van der Waals surface area contributed by atoms with Crippen LogP contribution in [0.2, 0.25) is 0 Å². The van der Waals surface area contributed by atoms with Gasteiger partial charge in [-0.25, -0.2) is 4.79 Å². The molecule has 2 heterocycles. The van der Waals surface area contributed by atoms with Crippen molar-refractivity contribution in [2.45, 2.75) is 12.5 Å². The van der Waals surface area contributed by atoms with E-state index in [1.54, 1.807) is 36.4 Å². The Morgan fingerprint density at radius 1 is 1.03 bits per heavy atom. The first-order valence-corrected chi connectivity index (χ1v) is 12.7. The molecule has 0 spiro atoms. The van der Waals surface area contributed by atoms with Gasteiger partial charge in [0.15, 0.2) is 6.61 Å². The van der Waals surface area contributed by atoms with Gasteiger partial charge in [-0.3, -0.25) is 19.3 Å². The minimum absolute atomic E-state index is 0.232. The highest BCUT2D eigenvalue weighted by Crippen LogP contribution is 2.26. The van der Waals surface area contributed by atoms with Gasteiger partial charge in [-0.15, -0.1) is 0 Å². The van der Waals surface area contributed by atoms with E-state index in [4.69, 9.17) is 9.47 Å². The first kappa shape index (κ1) is 24.7. The van der Waals surface area contributed by atoms with Crippen molar-refractivity contribution in [3.8, 4) is 0 Å². The number of imide groups is 1. The summed E-state index contributed by atoms with van der Waals surface area (Å²) >= 11 is 1.48. The van der Waals surface area contributed by atoms with E-state index in [1.807, 2.05) is 18.4 Å². The van der Waals surface area contributed by atoms with E-state index in [0.29, 0.717) is 24.7 Å². The van der Waals surface area contributed by atoms with Crippen LogP contribution in [0.1, 0.15) is 27.1 Å². The molecule has 10 heteroatoms. The van der Waals surface area contributed by atoms with Crippen molar-refractivity contribution in [3.63, 3.8) is 0 Å². The number of esters is 1. The van der Waals surface area contributed by atoms with E-state index >= 15 is 0 Å². The van der Waals surface area contributed by atoms with Crippen LogP contribution in [0.5, 0.6) is 0 Å². The Kier molecular flexibility index (Phi) is 8.04. The van der Waals surface area contributed by atoms with Crippen LogP contribution in [0.4, 0.5) is 11.4 Å². The molecule has 0 aliphatic carbocycles. The van der Waals surface area contributed by atoms with Gasteiger partial charge in [-0.05, 0) is 54.8 Å². The Balaban J connectivity index is 1.35. The number of anilines is 2. The standard InChI is InChI=1S/C25H27N3O6S/c1-35-15-10-21(28-23(30)19-4-2-3-5-20(19)24(28)31)25(32)34-16-22(29)26-17-6-8-18(9-7-17)27-11-13-33-14-12-27/h2-9,21H,10-16H2,1H3,(H,26,29). The molecule has 1 saturated heterocycles. The van der Waals surface area contributed by atoms with Crippen LogP contribution in [0.25, 0.3) is 0 Å². The normalized spacial score (nSPS) is 16.1. The summed E-state index contributed by atoms with van der Waals surface area (Å²) in [5.74, 6) is -1.82. The summed E-state index contributed by atoms with van der Waals surface area (Å²) < 4.78 is 10.6. The maximum absolute atomic E-state index is 12.9. The number of benzene rings is 2. The van der Waals surface area contributed by atoms with Crippen molar-refractivity contribution in [1.29, 1.82) is 0 Å². The lowest BCUT2D eigenvalue weighted by atomic mass is 10.1. The summed E-state index contributed by atoms with van der Waals surface area (Å²) in [7, 11) is 0. The molecule has 1 N–H and O–H groups in total. The molecule has 0 radical (unpaired) electrons. The zero-order valence-electron chi connectivity index (χ0n) is 19.4. The molecular weight excluding hydrogens is 470 g/mol. The second kappa shape index (κ2) is 11.4. The zero-order chi connectivity index (χ0) is 24.8. The third kappa shape index (κ3) is 5.66. The van der Waals surface area contributed by atoms with Crippen molar-refractivity contribution >= 4 is 46.8 Å². The summed E-state index contributed by atoms with van der Waals surface area (Å²) in [6, 6.07) is 12.7. The predicted octanol–water partition coefficient (Wildman–Crippen LogP) is 2.42. The summed E-state index contributed by atoms with van der Waals surface area (Å²) in [5, 5.41) is 2.70. The quantitative estimate of drug-likeness (QED) is 0.416. The molecule has 1 fully saturated rings. The van der Waals surface area contributed by atoms with Crippen LogP contribution in [0.3, 0.4) is 0 Å². The van der Waals surface area contributed by atoms with E-state index in [2.05, 4.69) is 10.2 Å². The molecule has 1 unspecified atom stereocenters. The highest BCUT2D eigenvalue weighted by Gasteiger charge is 2.43. The van der Waals surface area contributed by atoms with Gasteiger partial charge >= 0.3 is 5.97 Å². The van der Waals surface area contributed by atoms with Gasteiger partial charge < -0.3 is 19.7 Å². The minimum Gasteiger partial charge on any atom is -0.454 e. The van der Waals surface area contributed by atoms with Gasteiger partial charge in [-0.1, -0.05) is 12.1 Å². The number of ether oxygens (including phenoxy) is 2. The fourth-order valence-corrected chi connectivity index (χ4v) is 4.54. The largest absolute Gasteiger partial charge is 0.454 e. The van der Waals surface area contributed by atoms with Crippen LogP contribution in [0.15, 0.2) is 48.5 Å². The predicted molar refractivity (Wildman–Crippen MR) is 133 cm³/mol. The lowest BCUT2D eigenvalue weighted by Crippen LogP contribution is -2.46. The van der Waals surface area contributed by atoms with Crippen LogP contribution < -0.4 is 10.2 Å². The van der Waals surface area contributed by atoms with Gasteiger partial charge in [0.2, 0.25) is 0 Å². The minimum atomic E-state index is -1.10. The second-order valence-corrected chi connectivity index (χ2v) is 9.11. The van der Waals surface area contributed by atoms with Crippen LogP contribution in [-0.2, 0) is 19.1 Å². The molecule has 2 aliphatic heterocycles. The number of thioether (sulfide) groups is 1. The molecule has 4 rings (SSSR count). The second-order valence-electron chi connectivity index (χ2n) is 8.13. The first-order chi connectivity index (χ1) is 17.0. The maximum atomic E-state index is 12.9. The molecule has 2 aromatic rings. The number of amides is 3. The van der Waals surface area contributed by atoms with E-state index < -0.39 is 36.3 Å².